The second-order valence-electron chi connectivity index (χ2n) is 3.44. The molecule has 0 bridgehead atoms. The highest BCUT2D eigenvalue weighted by Gasteiger charge is 2.37. The maximum atomic E-state index is 11.2. The van der Waals surface area contributed by atoms with Gasteiger partial charge < -0.3 is 11.5 Å². The first-order valence-electron chi connectivity index (χ1n) is 4.43. The third-order valence-electron chi connectivity index (χ3n) is 2.25. The molecule has 0 rings (SSSR count). The number of hydrogen-bond acceptors (Lipinski definition) is 4. The zero-order valence-corrected chi connectivity index (χ0v) is 8.46. The van der Waals surface area contributed by atoms with E-state index < -0.39 is 11.6 Å². The molecular weight excluding hydrogens is 168 g/mol. The van der Waals surface area contributed by atoms with Gasteiger partial charge in [0, 0.05) is 0 Å². The quantitative estimate of drug-likeness (QED) is 0.600. The molecule has 0 fully saturated rings. The van der Waals surface area contributed by atoms with Gasteiger partial charge in [-0.05, 0) is 20.3 Å². The fourth-order valence-electron chi connectivity index (χ4n) is 1.31. The molecule has 0 heterocycles. The van der Waals surface area contributed by atoms with Crippen molar-refractivity contribution in [3.8, 4) is 0 Å². The summed E-state index contributed by atoms with van der Waals surface area (Å²) in [5, 5.41) is 0. The number of hydrogen-bond donors (Lipinski definition) is 2. The van der Waals surface area contributed by atoms with Gasteiger partial charge in [0.1, 0.15) is 11.4 Å². The van der Waals surface area contributed by atoms with Crippen molar-refractivity contribution in [2.75, 3.05) is 0 Å². The highest BCUT2D eigenvalue weighted by molar-refractivity contribution is 5.92. The Hall–Kier alpha value is -0.740. The fourth-order valence-corrected chi connectivity index (χ4v) is 1.31. The third kappa shape index (κ3) is 2.90. The van der Waals surface area contributed by atoms with Crippen molar-refractivity contribution < 1.29 is 9.59 Å². The third-order valence-corrected chi connectivity index (χ3v) is 2.25. The molecule has 4 N–H and O–H groups in total. The second-order valence-corrected chi connectivity index (χ2v) is 3.44. The van der Waals surface area contributed by atoms with Gasteiger partial charge >= 0.3 is 0 Å². The van der Waals surface area contributed by atoms with E-state index in [1.165, 1.54) is 13.8 Å². The molecule has 0 saturated carbocycles. The largest absolute Gasteiger partial charge is 0.307 e. The summed E-state index contributed by atoms with van der Waals surface area (Å²) >= 11 is 0. The maximum Gasteiger partial charge on any atom is 0.164 e. The molecule has 0 aromatic rings. The zero-order valence-electron chi connectivity index (χ0n) is 8.46. The van der Waals surface area contributed by atoms with Gasteiger partial charge in [-0.1, -0.05) is 13.3 Å². The Kier molecular flexibility index (Phi) is 4.23. The Morgan fingerprint density at radius 1 is 1.31 bits per heavy atom. The van der Waals surface area contributed by atoms with Crippen LogP contribution >= 0.6 is 0 Å². The van der Waals surface area contributed by atoms with E-state index in [0.29, 0.717) is 6.42 Å². The Labute approximate surface area is 78.7 Å². The molecule has 76 valence electrons. The van der Waals surface area contributed by atoms with E-state index in [4.69, 9.17) is 11.5 Å². The van der Waals surface area contributed by atoms with Gasteiger partial charge in [-0.15, -0.1) is 0 Å². The van der Waals surface area contributed by atoms with Crippen LogP contribution in [0.15, 0.2) is 0 Å². The Morgan fingerprint density at radius 3 is 2.00 bits per heavy atom. The number of rotatable bonds is 5. The van der Waals surface area contributed by atoms with E-state index in [-0.39, 0.29) is 11.6 Å². The van der Waals surface area contributed by atoms with Crippen LogP contribution in [0.1, 0.15) is 33.6 Å². The van der Waals surface area contributed by atoms with Crippen molar-refractivity contribution in [3.63, 3.8) is 0 Å². The van der Waals surface area contributed by atoms with E-state index in [9.17, 15) is 9.59 Å². The molecule has 0 spiro atoms. The minimum Gasteiger partial charge on any atom is -0.307 e. The van der Waals surface area contributed by atoms with E-state index in [2.05, 4.69) is 0 Å². The van der Waals surface area contributed by atoms with Crippen LogP contribution in [0.4, 0.5) is 0 Å². The lowest BCUT2D eigenvalue weighted by molar-refractivity contribution is -0.131. The zero-order chi connectivity index (χ0) is 10.6. The molecule has 0 aliphatic rings. The van der Waals surface area contributed by atoms with Crippen LogP contribution in [0.3, 0.4) is 0 Å². The van der Waals surface area contributed by atoms with Gasteiger partial charge in [0.2, 0.25) is 0 Å². The molecule has 0 aliphatic carbocycles. The van der Waals surface area contributed by atoms with Crippen LogP contribution in [0.5, 0.6) is 0 Å². The SMILES string of the molecule is CCCC(C(C)=O)C(N)(N)C(C)=O. The lowest BCUT2D eigenvalue weighted by atomic mass is 9.84. The molecular formula is C9H18N2O2. The van der Waals surface area contributed by atoms with Crippen molar-refractivity contribution >= 4 is 11.6 Å². The predicted molar refractivity (Wildman–Crippen MR) is 50.9 cm³/mol. The fraction of sp³-hybridized carbons (Fsp3) is 0.778. The molecule has 0 aromatic carbocycles. The minimum absolute atomic E-state index is 0.123. The van der Waals surface area contributed by atoms with Gasteiger partial charge in [-0.3, -0.25) is 9.59 Å². The topological polar surface area (TPSA) is 86.2 Å². The van der Waals surface area contributed by atoms with Crippen molar-refractivity contribution in [1.29, 1.82) is 0 Å². The lowest BCUT2D eigenvalue weighted by Gasteiger charge is -2.29. The summed E-state index contributed by atoms with van der Waals surface area (Å²) < 4.78 is 0. The average Bonchev–Trinajstić information content (AvgIpc) is 1.98. The Balaban J connectivity index is 4.71. The van der Waals surface area contributed by atoms with E-state index in [0.717, 1.165) is 6.42 Å². The van der Waals surface area contributed by atoms with Crippen LogP contribution in [0.25, 0.3) is 0 Å². The van der Waals surface area contributed by atoms with Gasteiger partial charge in [0.05, 0.1) is 5.92 Å². The molecule has 4 heteroatoms. The van der Waals surface area contributed by atoms with Gasteiger partial charge in [0.15, 0.2) is 5.78 Å². The van der Waals surface area contributed by atoms with Crippen molar-refractivity contribution in [3.05, 3.63) is 0 Å². The van der Waals surface area contributed by atoms with Crippen molar-refractivity contribution in [1.82, 2.24) is 0 Å². The summed E-state index contributed by atoms with van der Waals surface area (Å²) in [4.78, 5) is 22.3. The molecule has 4 nitrogen and oxygen atoms in total. The number of ketones is 2. The van der Waals surface area contributed by atoms with Crippen LogP contribution in [0, 0.1) is 5.92 Å². The lowest BCUT2D eigenvalue weighted by Crippen LogP contribution is -2.62. The Bertz CT molecular complexity index is 212. The highest BCUT2D eigenvalue weighted by atomic mass is 16.1. The first-order valence-corrected chi connectivity index (χ1v) is 4.43. The molecule has 1 unspecified atom stereocenters. The van der Waals surface area contributed by atoms with Crippen LogP contribution in [0.2, 0.25) is 0 Å². The van der Waals surface area contributed by atoms with Gasteiger partial charge in [-0.2, -0.15) is 0 Å². The summed E-state index contributed by atoms with van der Waals surface area (Å²) in [5.74, 6) is -1.03. The number of carbonyl (C=O) groups is 2. The number of nitrogens with two attached hydrogens (primary N) is 2. The molecule has 0 saturated heterocycles. The summed E-state index contributed by atoms with van der Waals surface area (Å²) in [6.45, 7) is 4.65. The standard InChI is InChI=1S/C9H18N2O2/c1-4-5-8(6(2)12)9(10,11)7(3)13/h8H,4-5,10-11H2,1-3H3. The van der Waals surface area contributed by atoms with Crippen LogP contribution in [-0.4, -0.2) is 17.2 Å². The second kappa shape index (κ2) is 4.48. The molecule has 0 radical (unpaired) electrons. The minimum atomic E-state index is -1.50. The van der Waals surface area contributed by atoms with Gasteiger partial charge in [0.25, 0.3) is 0 Å². The first kappa shape index (κ1) is 12.3. The molecule has 0 amide bonds. The van der Waals surface area contributed by atoms with Crippen molar-refractivity contribution in [2.45, 2.75) is 39.3 Å². The highest BCUT2D eigenvalue weighted by Crippen LogP contribution is 2.17. The molecule has 13 heavy (non-hydrogen) atoms. The van der Waals surface area contributed by atoms with Crippen molar-refractivity contribution in [2.24, 2.45) is 17.4 Å². The van der Waals surface area contributed by atoms with E-state index in [1.54, 1.807) is 0 Å². The number of Topliss-reactive ketones (excluding diaryl/α,β-unsaturated/α-hetero) is 2. The van der Waals surface area contributed by atoms with Gasteiger partial charge in [-0.25, -0.2) is 0 Å². The van der Waals surface area contributed by atoms with E-state index >= 15 is 0 Å². The average molecular weight is 186 g/mol. The summed E-state index contributed by atoms with van der Waals surface area (Å²) in [6, 6.07) is 0. The van der Waals surface area contributed by atoms with Crippen LogP contribution < -0.4 is 11.5 Å². The Morgan fingerprint density at radius 2 is 1.77 bits per heavy atom. The molecule has 1 atom stereocenters. The molecule has 0 aliphatic heterocycles. The summed E-state index contributed by atoms with van der Waals surface area (Å²) in [5.41, 5.74) is 9.70. The summed E-state index contributed by atoms with van der Waals surface area (Å²) in [6.07, 6.45) is 1.34. The van der Waals surface area contributed by atoms with Crippen LogP contribution in [-0.2, 0) is 9.59 Å². The van der Waals surface area contributed by atoms with E-state index in [1.807, 2.05) is 6.92 Å². The normalized spacial score (nSPS) is 13.9. The monoisotopic (exact) mass is 186 g/mol. The predicted octanol–water partition coefficient (Wildman–Crippen LogP) is 0.194. The first-order chi connectivity index (χ1) is 5.84. The number of carbonyl (C=O) groups excluding carboxylic acids is 2. The smallest absolute Gasteiger partial charge is 0.164 e. The summed E-state index contributed by atoms with van der Waals surface area (Å²) in [7, 11) is 0. The maximum absolute atomic E-state index is 11.2. The molecule has 0 aromatic heterocycles.